The number of hydrogen-bond donors (Lipinski definition) is 2. The highest BCUT2D eigenvalue weighted by Gasteiger charge is 2.21. The van der Waals surface area contributed by atoms with Gasteiger partial charge in [-0.2, -0.15) is 0 Å². The second-order valence-electron chi connectivity index (χ2n) is 8.18. The zero-order valence-corrected chi connectivity index (χ0v) is 21.5. The van der Waals surface area contributed by atoms with E-state index in [4.69, 9.17) is 14.2 Å². The Kier molecular flexibility index (Phi) is 7.83. The quantitative estimate of drug-likeness (QED) is 0.288. The van der Waals surface area contributed by atoms with E-state index in [1.54, 1.807) is 12.1 Å². The summed E-state index contributed by atoms with van der Waals surface area (Å²) < 4.78 is 44.9. The summed E-state index contributed by atoms with van der Waals surface area (Å²) in [6.07, 6.45) is -0.273. The van der Waals surface area contributed by atoms with Gasteiger partial charge in [0.25, 0.3) is 15.9 Å². The fourth-order valence-corrected chi connectivity index (χ4v) is 4.87. The van der Waals surface area contributed by atoms with E-state index in [-0.39, 0.29) is 16.5 Å². The zero-order valence-electron chi connectivity index (χ0n) is 20.7. The van der Waals surface area contributed by atoms with Gasteiger partial charge in [-0.25, -0.2) is 8.42 Å². The minimum atomic E-state index is -3.92. The molecule has 192 valence electrons. The van der Waals surface area contributed by atoms with Crippen LogP contribution in [0.2, 0.25) is 0 Å². The van der Waals surface area contributed by atoms with Crippen molar-refractivity contribution in [2.75, 3.05) is 24.3 Å². The molecule has 8 nitrogen and oxygen atoms in total. The number of benzene rings is 4. The predicted octanol–water partition coefficient (Wildman–Crippen LogP) is 5.45. The van der Waals surface area contributed by atoms with Crippen LogP contribution in [0.25, 0.3) is 10.8 Å². The van der Waals surface area contributed by atoms with Crippen LogP contribution in [0.15, 0.2) is 89.8 Å². The van der Waals surface area contributed by atoms with E-state index in [1.807, 2.05) is 49.4 Å². The van der Waals surface area contributed by atoms with Crippen molar-refractivity contribution in [1.82, 2.24) is 0 Å². The van der Waals surface area contributed by atoms with Gasteiger partial charge in [-0.15, -0.1) is 0 Å². The number of carbonyl (C=O) groups excluding carboxylic acids is 1. The van der Waals surface area contributed by atoms with E-state index >= 15 is 0 Å². The number of hydrogen-bond acceptors (Lipinski definition) is 6. The summed E-state index contributed by atoms with van der Waals surface area (Å²) in [5, 5.41) is 4.75. The molecule has 2 N–H and O–H groups in total. The minimum Gasteiger partial charge on any atom is -0.497 e. The van der Waals surface area contributed by atoms with Crippen molar-refractivity contribution < 1.29 is 27.4 Å². The Morgan fingerprint density at radius 3 is 2.30 bits per heavy atom. The van der Waals surface area contributed by atoms with Gasteiger partial charge in [-0.1, -0.05) is 43.3 Å². The number of sulfonamides is 1. The molecule has 0 saturated heterocycles. The number of anilines is 2. The summed E-state index contributed by atoms with van der Waals surface area (Å²) >= 11 is 0. The first-order valence-corrected chi connectivity index (χ1v) is 13.1. The predicted molar refractivity (Wildman–Crippen MR) is 144 cm³/mol. The number of nitrogens with one attached hydrogen (secondary N) is 2. The fourth-order valence-electron chi connectivity index (χ4n) is 3.81. The van der Waals surface area contributed by atoms with Gasteiger partial charge in [-0.3, -0.25) is 9.52 Å². The van der Waals surface area contributed by atoms with Crippen LogP contribution in [0.1, 0.15) is 13.3 Å². The van der Waals surface area contributed by atoms with Crippen molar-refractivity contribution in [3.05, 3.63) is 84.9 Å². The largest absolute Gasteiger partial charge is 0.497 e. The SMILES string of the molecule is CC[C@H](Oc1cccc2ccccc12)C(=O)Nc1ccc(S(=O)(=O)Nc2cc(OC)ccc2OC)cc1. The highest BCUT2D eigenvalue weighted by molar-refractivity contribution is 7.92. The van der Waals surface area contributed by atoms with E-state index < -0.39 is 16.1 Å². The molecule has 4 aromatic carbocycles. The Hall–Kier alpha value is -4.24. The lowest BCUT2D eigenvalue weighted by Crippen LogP contribution is -2.32. The Balaban J connectivity index is 1.46. The Labute approximate surface area is 216 Å². The van der Waals surface area contributed by atoms with Gasteiger partial charge >= 0.3 is 0 Å². The summed E-state index contributed by atoms with van der Waals surface area (Å²) in [5.74, 6) is 1.13. The van der Waals surface area contributed by atoms with Gasteiger partial charge in [0.1, 0.15) is 17.2 Å². The van der Waals surface area contributed by atoms with Crippen molar-refractivity contribution in [2.45, 2.75) is 24.3 Å². The van der Waals surface area contributed by atoms with E-state index in [0.29, 0.717) is 29.4 Å². The van der Waals surface area contributed by atoms with E-state index in [1.165, 1.54) is 44.6 Å². The molecule has 0 aliphatic heterocycles. The third-order valence-electron chi connectivity index (χ3n) is 5.77. The first-order chi connectivity index (χ1) is 17.8. The number of ether oxygens (including phenoxy) is 3. The monoisotopic (exact) mass is 520 g/mol. The molecule has 0 unspecified atom stereocenters. The van der Waals surface area contributed by atoms with Crippen molar-refractivity contribution in [2.24, 2.45) is 0 Å². The average molecular weight is 521 g/mol. The zero-order chi connectivity index (χ0) is 26.4. The van der Waals surface area contributed by atoms with E-state index in [2.05, 4.69) is 10.0 Å². The molecule has 0 bridgehead atoms. The summed E-state index contributed by atoms with van der Waals surface area (Å²) in [7, 11) is -0.983. The standard InChI is InChI=1S/C28H28N2O6S/c1-4-25(36-26-11-7-9-19-8-5-6-10-23(19)26)28(31)29-20-12-15-22(16-13-20)37(32,33)30-24-18-21(34-2)14-17-27(24)35-3/h5-18,25,30H,4H2,1-3H3,(H,29,31)/t25-/m0/s1. The minimum absolute atomic E-state index is 0.0226. The average Bonchev–Trinajstić information content (AvgIpc) is 2.91. The summed E-state index contributed by atoms with van der Waals surface area (Å²) in [4.78, 5) is 13.0. The van der Waals surface area contributed by atoms with Gasteiger partial charge in [0.2, 0.25) is 0 Å². The second kappa shape index (κ2) is 11.2. The van der Waals surface area contributed by atoms with Crippen LogP contribution in [-0.2, 0) is 14.8 Å². The van der Waals surface area contributed by atoms with Gasteiger partial charge in [0, 0.05) is 17.1 Å². The highest BCUT2D eigenvalue weighted by Crippen LogP contribution is 2.31. The van der Waals surface area contributed by atoms with E-state index in [0.717, 1.165) is 10.8 Å². The molecule has 4 rings (SSSR count). The molecule has 37 heavy (non-hydrogen) atoms. The first-order valence-electron chi connectivity index (χ1n) is 11.6. The van der Waals surface area contributed by atoms with Crippen LogP contribution in [0.4, 0.5) is 11.4 Å². The molecule has 0 heterocycles. The molecule has 0 spiro atoms. The van der Waals surface area contributed by atoms with Crippen LogP contribution < -0.4 is 24.2 Å². The Morgan fingerprint density at radius 1 is 0.865 bits per heavy atom. The molecule has 4 aromatic rings. The van der Waals surface area contributed by atoms with Crippen LogP contribution >= 0.6 is 0 Å². The van der Waals surface area contributed by atoms with Gasteiger partial charge < -0.3 is 19.5 Å². The molecule has 0 aliphatic rings. The lowest BCUT2D eigenvalue weighted by molar-refractivity contribution is -0.122. The maximum Gasteiger partial charge on any atom is 0.265 e. The number of carbonyl (C=O) groups is 1. The molecule has 1 atom stereocenters. The molecular weight excluding hydrogens is 492 g/mol. The highest BCUT2D eigenvalue weighted by atomic mass is 32.2. The molecule has 0 saturated carbocycles. The maximum atomic E-state index is 13.0. The summed E-state index contributed by atoms with van der Waals surface area (Å²) in [6, 6.07) is 24.2. The molecule has 1 amide bonds. The normalized spacial score (nSPS) is 12.0. The van der Waals surface area contributed by atoms with Crippen molar-refractivity contribution in [3.63, 3.8) is 0 Å². The fraction of sp³-hybridized carbons (Fsp3) is 0.179. The summed E-state index contributed by atoms with van der Waals surface area (Å²) in [5.41, 5.74) is 0.693. The van der Waals surface area contributed by atoms with Crippen molar-refractivity contribution in [1.29, 1.82) is 0 Å². The molecule has 0 fully saturated rings. The lowest BCUT2D eigenvalue weighted by Gasteiger charge is -2.19. The Morgan fingerprint density at radius 2 is 1.59 bits per heavy atom. The molecule has 9 heteroatoms. The lowest BCUT2D eigenvalue weighted by atomic mass is 10.1. The third kappa shape index (κ3) is 5.95. The molecule has 0 aromatic heterocycles. The van der Waals surface area contributed by atoms with Crippen molar-refractivity contribution >= 4 is 38.1 Å². The Bertz CT molecular complexity index is 1500. The number of rotatable bonds is 10. The van der Waals surface area contributed by atoms with Crippen LogP contribution in [0, 0.1) is 0 Å². The third-order valence-corrected chi connectivity index (χ3v) is 7.15. The maximum absolute atomic E-state index is 13.0. The van der Waals surface area contributed by atoms with Crippen LogP contribution in [0.3, 0.4) is 0 Å². The molecule has 0 radical (unpaired) electrons. The topological polar surface area (TPSA) is 103 Å². The van der Waals surface area contributed by atoms with Crippen molar-refractivity contribution in [3.8, 4) is 17.2 Å². The molecular formula is C28H28N2O6S. The number of fused-ring (bicyclic) bond motifs is 1. The van der Waals surface area contributed by atoms with Gasteiger partial charge in [0.15, 0.2) is 6.10 Å². The van der Waals surface area contributed by atoms with Crippen LogP contribution in [0.5, 0.6) is 17.2 Å². The summed E-state index contributed by atoms with van der Waals surface area (Å²) in [6.45, 7) is 1.86. The number of methoxy groups -OCH3 is 2. The molecule has 0 aliphatic carbocycles. The second-order valence-corrected chi connectivity index (χ2v) is 9.86. The first kappa shape index (κ1) is 25.8. The van der Waals surface area contributed by atoms with Gasteiger partial charge in [-0.05, 0) is 54.3 Å². The van der Waals surface area contributed by atoms with Crippen LogP contribution in [-0.4, -0.2) is 34.6 Å². The number of amides is 1. The van der Waals surface area contributed by atoms with Gasteiger partial charge in [0.05, 0.1) is 24.8 Å². The van der Waals surface area contributed by atoms with E-state index in [9.17, 15) is 13.2 Å². The smallest absolute Gasteiger partial charge is 0.265 e.